The lowest BCUT2D eigenvalue weighted by Gasteiger charge is -2.20. The molecule has 390 valence electrons. The van der Waals surface area contributed by atoms with Gasteiger partial charge in [0.2, 0.25) is 5.91 Å². The Kier molecular flexibility index (Phi) is 54.5. The first-order valence-corrected chi connectivity index (χ1v) is 29.6. The first-order chi connectivity index (χ1) is 32.5. The third kappa shape index (κ3) is 51.7. The van der Waals surface area contributed by atoms with E-state index in [1.807, 2.05) is 6.08 Å². The summed E-state index contributed by atoms with van der Waals surface area (Å²) in [6.45, 7) is 4.86. The average Bonchev–Trinajstić information content (AvgIpc) is 3.32. The molecular formula is C60H115NO5. The number of nitrogens with one attached hydrogen (secondary N) is 1. The van der Waals surface area contributed by atoms with Gasteiger partial charge in [0.1, 0.15) is 0 Å². The lowest BCUT2D eigenvalue weighted by molar-refractivity contribution is -0.143. The van der Waals surface area contributed by atoms with Crippen molar-refractivity contribution in [2.24, 2.45) is 0 Å². The number of rotatable bonds is 55. The molecule has 0 aromatic heterocycles. The van der Waals surface area contributed by atoms with Crippen LogP contribution in [0, 0.1) is 0 Å². The van der Waals surface area contributed by atoms with Crippen LogP contribution in [-0.2, 0) is 14.3 Å². The molecule has 0 radical (unpaired) electrons. The highest BCUT2D eigenvalue weighted by molar-refractivity contribution is 5.76. The van der Waals surface area contributed by atoms with E-state index in [1.54, 1.807) is 6.08 Å². The number of esters is 1. The Morgan fingerprint density at radius 3 is 1.08 bits per heavy atom. The van der Waals surface area contributed by atoms with Crippen LogP contribution in [0.3, 0.4) is 0 Å². The van der Waals surface area contributed by atoms with Gasteiger partial charge in [0.15, 0.2) is 0 Å². The first-order valence-electron chi connectivity index (χ1n) is 29.6. The molecule has 0 aliphatic carbocycles. The van der Waals surface area contributed by atoms with Crippen LogP contribution in [0.1, 0.15) is 322 Å². The van der Waals surface area contributed by atoms with Crippen LogP contribution in [0.15, 0.2) is 24.3 Å². The summed E-state index contributed by atoms with van der Waals surface area (Å²) in [6, 6.07) is -0.647. The molecule has 66 heavy (non-hydrogen) atoms. The van der Waals surface area contributed by atoms with Crippen molar-refractivity contribution in [3.8, 4) is 0 Å². The van der Waals surface area contributed by atoms with Gasteiger partial charge in [-0.05, 0) is 64.2 Å². The van der Waals surface area contributed by atoms with Crippen molar-refractivity contribution in [2.45, 2.75) is 334 Å². The van der Waals surface area contributed by atoms with E-state index in [4.69, 9.17) is 4.74 Å². The lowest BCUT2D eigenvalue weighted by atomic mass is 10.0. The molecule has 0 aromatic carbocycles. The van der Waals surface area contributed by atoms with Gasteiger partial charge >= 0.3 is 5.97 Å². The molecule has 0 saturated heterocycles. The Morgan fingerprint density at radius 1 is 0.409 bits per heavy atom. The summed E-state index contributed by atoms with van der Waals surface area (Å²) in [6.07, 6.45) is 67.8. The summed E-state index contributed by atoms with van der Waals surface area (Å²) >= 11 is 0. The maximum absolute atomic E-state index is 12.5. The van der Waals surface area contributed by atoms with Crippen molar-refractivity contribution in [3.05, 3.63) is 24.3 Å². The maximum Gasteiger partial charge on any atom is 0.305 e. The highest BCUT2D eigenvalue weighted by atomic mass is 16.5. The second-order valence-electron chi connectivity index (χ2n) is 20.3. The molecule has 3 N–H and O–H groups in total. The van der Waals surface area contributed by atoms with E-state index in [9.17, 15) is 19.8 Å². The molecule has 0 rings (SSSR count). The number of carbonyl (C=O) groups excluding carboxylic acids is 2. The van der Waals surface area contributed by atoms with E-state index in [0.717, 1.165) is 77.0 Å². The largest absolute Gasteiger partial charge is 0.466 e. The monoisotopic (exact) mass is 930 g/mol. The first kappa shape index (κ1) is 64.3. The molecular weight excluding hydrogens is 815 g/mol. The Balaban J connectivity index is 3.52. The summed E-state index contributed by atoms with van der Waals surface area (Å²) in [5, 5.41) is 23.2. The van der Waals surface area contributed by atoms with Crippen molar-refractivity contribution in [3.63, 3.8) is 0 Å². The Labute approximate surface area is 411 Å². The standard InChI is InChI=1S/C60H115NO5/c1-3-5-7-9-11-13-15-17-18-19-20-21-22-23-24-25-26-27-29-32-36-40-44-48-52-58(63)57(56-62)61-59(64)53-49-45-41-37-33-30-31-35-39-43-47-51-55-66-60(65)54-50-46-42-38-34-28-16-14-12-10-8-6-4-2/h31,35,48,52,57-58,62-63H,3-30,32-34,36-47,49-51,53-56H2,1-2H3,(H,61,64)/b35-31-,52-48+. The molecule has 0 fully saturated rings. The molecule has 1 amide bonds. The van der Waals surface area contributed by atoms with Crippen molar-refractivity contribution in [1.29, 1.82) is 0 Å². The number of aliphatic hydroxyl groups is 2. The van der Waals surface area contributed by atoms with Gasteiger partial charge in [0.25, 0.3) is 0 Å². The number of allylic oxidation sites excluding steroid dienone is 3. The van der Waals surface area contributed by atoms with Gasteiger partial charge in [-0.1, -0.05) is 269 Å². The Bertz CT molecular complexity index is 1030. The zero-order valence-corrected chi connectivity index (χ0v) is 44.4. The highest BCUT2D eigenvalue weighted by Crippen LogP contribution is 2.17. The van der Waals surface area contributed by atoms with E-state index in [1.165, 1.54) is 218 Å². The second-order valence-corrected chi connectivity index (χ2v) is 20.3. The molecule has 0 saturated carbocycles. The smallest absolute Gasteiger partial charge is 0.305 e. The van der Waals surface area contributed by atoms with Crippen LogP contribution in [0.2, 0.25) is 0 Å². The predicted octanol–water partition coefficient (Wildman–Crippen LogP) is 18.2. The van der Waals surface area contributed by atoms with Crippen molar-refractivity contribution >= 4 is 11.9 Å². The summed E-state index contributed by atoms with van der Waals surface area (Å²) in [4.78, 5) is 24.5. The number of carbonyl (C=O) groups is 2. The van der Waals surface area contributed by atoms with E-state index in [-0.39, 0.29) is 18.5 Å². The molecule has 6 heteroatoms. The van der Waals surface area contributed by atoms with E-state index >= 15 is 0 Å². The quantitative estimate of drug-likeness (QED) is 0.0321. The number of amides is 1. The summed E-state index contributed by atoms with van der Waals surface area (Å²) in [5.41, 5.74) is 0. The molecule has 0 heterocycles. The SMILES string of the molecule is CCCCCCCCCCCCCCCCCCCCCCCC/C=C/C(O)C(CO)NC(=O)CCCCCCC/C=C\CCCCCOC(=O)CCCCCCCCCCCCCCC. The molecule has 0 aliphatic rings. The van der Waals surface area contributed by atoms with Gasteiger partial charge in [0.05, 0.1) is 25.4 Å². The molecule has 2 atom stereocenters. The van der Waals surface area contributed by atoms with Crippen molar-refractivity contribution < 1.29 is 24.5 Å². The van der Waals surface area contributed by atoms with E-state index < -0.39 is 12.1 Å². The fourth-order valence-electron chi connectivity index (χ4n) is 9.16. The minimum atomic E-state index is -0.861. The van der Waals surface area contributed by atoms with Gasteiger partial charge in [0, 0.05) is 12.8 Å². The summed E-state index contributed by atoms with van der Waals surface area (Å²) in [5.74, 6) is -0.113. The van der Waals surface area contributed by atoms with Crippen LogP contribution in [-0.4, -0.2) is 47.4 Å². The molecule has 2 unspecified atom stereocenters. The normalized spacial score (nSPS) is 12.7. The van der Waals surface area contributed by atoms with E-state index in [0.29, 0.717) is 19.4 Å². The topological polar surface area (TPSA) is 95.9 Å². The van der Waals surface area contributed by atoms with Crippen LogP contribution in [0.4, 0.5) is 0 Å². The summed E-state index contributed by atoms with van der Waals surface area (Å²) < 4.78 is 5.45. The summed E-state index contributed by atoms with van der Waals surface area (Å²) in [7, 11) is 0. The van der Waals surface area contributed by atoms with Crippen LogP contribution in [0.5, 0.6) is 0 Å². The average molecular weight is 931 g/mol. The highest BCUT2D eigenvalue weighted by Gasteiger charge is 2.18. The molecule has 0 spiro atoms. The van der Waals surface area contributed by atoms with E-state index in [2.05, 4.69) is 31.3 Å². The van der Waals surface area contributed by atoms with Crippen molar-refractivity contribution in [2.75, 3.05) is 13.2 Å². The number of hydrogen-bond acceptors (Lipinski definition) is 5. The van der Waals surface area contributed by atoms with Gasteiger partial charge in [-0.3, -0.25) is 9.59 Å². The number of unbranched alkanes of at least 4 members (excludes halogenated alkanes) is 42. The van der Waals surface area contributed by atoms with Gasteiger partial charge in [-0.2, -0.15) is 0 Å². The zero-order chi connectivity index (χ0) is 47.9. The second kappa shape index (κ2) is 55.9. The Hall–Kier alpha value is -1.66. The number of ether oxygens (including phenoxy) is 1. The minimum absolute atomic E-state index is 0.0222. The molecule has 0 aromatic rings. The van der Waals surface area contributed by atoms with Crippen molar-refractivity contribution in [1.82, 2.24) is 5.32 Å². The van der Waals surface area contributed by atoms with Gasteiger partial charge < -0.3 is 20.3 Å². The predicted molar refractivity (Wildman–Crippen MR) is 287 cm³/mol. The lowest BCUT2D eigenvalue weighted by Crippen LogP contribution is -2.45. The Morgan fingerprint density at radius 2 is 0.712 bits per heavy atom. The third-order valence-electron chi connectivity index (χ3n) is 13.7. The van der Waals surface area contributed by atoms with Crippen LogP contribution >= 0.6 is 0 Å². The molecule has 6 nitrogen and oxygen atoms in total. The van der Waals surface area contributed by atoms with Gasteiger partial charge in [-0.25, -0.2) is 0 Å². The third-order valence-corrected chi connectivity index (χ3v) is 13.7. The number of hydrogen-bond donors (Lipinski definition) is 3. The van der Waals surface area contributed by atoms with Crippen LogP contribution < -0.4 is 5.32 Å². The molecule has 0 aliphatic heterocycles. The van der Waals surface area contributed by atoms with Crippen LogP contribution in [0.25, 0.3) is 0 Å². The maximum atomic E-state index is 12.5. The zero-order valence-electron chi connectivity index (χ0n) is 44.4. The number of aliphatic hydroxyl groups excluding tert-OH is 2. The fraction of sp³-hybridized carbons (Fsp3) is 0.900. The van der Waals surface area contributed by atoms with Gasteiger partial charge in [-0.15, -0.1) is 0 Å². The fourth-order valence-corrected chi connectivity index (χ4v) is 9.16. The molecule has 0 bridgehead atoms. The minimum Gasteiger partial charge on any atom is -0.466 e.